The second-order valence-electron chi connectivity index (χ2n) is 7.32. The highest BCUT2D eigenvalue weighted by atomic mass is 16.5. The largest absolute Gasteiger partial charge is 0.378 e. The van der Waals surface area contributed by atoms with E-state index in [0.717, 1.165) is 4.90 Å². The number of piperidine rings is 1. The van der Waals surface area contributed by atoms with Crippen molar-refractivity contribution in [1.29, 1.82) is 0 Å². The molecule has 2 N–H and O–H groups in total. The average molecular weight is 410 g/mol. The van der Waals surface area contributed by atoms with Crippen molar-refractivity contribution in [2.75, 3.05) is 19.8 Å². The summed E-state index contributed by atoms with van der Waals surface area (Å²) in [5, 5.41) is 13.8. The van der Waals surface area contributed by atoms with Gasteiger partial charge < -0.3 is 10.1 Å². The predicted octanol–water partition coefficient (Wildman–Crippen LogP) is -0.671. The van der Waals surface area contributed by atoms with Gasteiger partial charge in [0.05, 0.1) is 42.3 Å². The molecule has 4 amide bonds. The van der Waals surface area contributed by atoms with Crippen LogP contribution in [0.4, 0.5) is 0 Å². The summed E-state index contributed by atoms with van der Waals surface area (Å²) in [6.45, 7) is 1.79. The number of hydrogen-bond acceptors (Lipinski definition) is 8. The van der Waals surface area contributed by atoms with E-state index < -0.39 is 29.7 Å². The van der Waals surface area contributed by atoms with Crippen LogP contribution < -0.4 is 10.6 Å². The van der Waals surface area contributed by atoms with Crippen molar-refractivity contribution in [2.24, 2.45) is 0 Å². The molecule has 2 atom stereocenters. The first-order valence-corrected chi connectivity index (χ1v) is 9.63. The van der Waals surface area contributed by atoms with Gasteiger partial charge in [-0.1, -0.05) is 11.3 Å². The Bertz CT molecular complexity index is 1070. The highest BCUT2D eigenvalue weighted by Gasteiger charge is 2.45. The molecule has 4 heterocycles. The van der Waals surface area contributed by atoms with E-state index in [2.05, 4.69) is 20.9 Å². The third kappa shape index (κ3) is 2.90. The van der Waals surface area contributed by atoms with Gasteiger partial charge >= 0.3 is 0 Å². The molecule has 5 rings (SSSR count). The topological polar surface area (TPSA) is 136 Å². The number of benzene rings is 1. The second kappa shape index (κ2) is 7.11. The minimum absolute atomic E-state index is 0.0690. The Labute approximate surface area is 170 Å². The molecule has 0 aliphatic carbocycles. The number of carbonyl (C=O) groups excluding carboxylic acids is 4. The van der Waals surface area contributed by atoms with Crippen molar-refractivity contribution in [1.82, 2.24) is 30.5 Å². The summed E-state index contributed by atoms with van der Waals surface area (Å²) >= 11 is 0. The monoisotopic (exact) mass is 410 g/mol. The van der Waals surface area contributed by atoms with Gasteiger partial charge in [0.1, 0.15) is 11.7 Å². The summed E-state index contributed by atoms with van der Waals surface area (Å²) in [5.41, 5.74) is 1.41. The maximum atomic E-state index is 13.2. The lowest BCUT2D eigenvalue weighted by Gasteiger charge is -2.27. The van der Waals surface area contributed by atoms with Gasteiger partial charge in [-0.3, -0.25) is 29.4 Å². The first kappa shape index (κ1) is 18.6. The fourth-order valence-electron chi connectivity index (χ4n) is 4.00. The Hall–Kier alpha value is -3.44. The molecule has 30 heavy (non-hydrogen) atoms. The Morgan fingerprint density at radius 3 is 2.77 bits per heavy atom. The van der Waals surface area contributed by atoms with Gasteiger partial charge in [0.15, 0.2) is 0 Å². The van der Waals surface area contributed by atoms with Gasteiger partial charge in [-0.15, -0.1) is 5.10 Å². The third-order valence-electron chi connectivity index (χ3n) is 5.48. The number of rotatable bonds is 3. The molecule has 154 valence electrons. The summed E-state index contributed by atoms with van der Waals surface area (Å²) < 4.78 is 6.90. The van der Waals surface area contributed by atoms with Gasteiger partial charge in [0.25, 0.3) is 11.8 Å². The van der Waals surface area contributed by atoms with E-state index >= 15 is 0 Å². The SMILES string of the molecule is O=C1CCC(N2C(=O)c3cccc(-n4cc(C5COCCN5)nn4)c3C2=O)C(=O)N1. The zero-order valence-corrected chi connectivity index (χ0v) is 15.8. The molecule has 1 aromatic heterocycles. The van der Waals surface area contributed by atoms with Crippen LogP contribution in [-0.2, 0) is 14.3 Å². The average Bonchev–Trinajstić information content (AvgIpc) is 3.34. The maximum absolute atomic E-state index is 13.2. The van der Waals surface area contributed by atoms with Crippen molar-refractivity contribution in [3.63, 3.8) is 0 Å². The molecule has 0 spiro atoms. The molecule has 2 unspecified atom stereocenters. The summed E-state index contributed by atoms with van der Waals surface area (Å²) in [5.74, 6) is -2.21. The predicted molar refractivity (Wildman–Crippen MR) is 99.6 cm³/mol. The van der Waals surface area contributed by atoms with Crippen molar-refractivity contribution in [2.45, 2.75) is 24.9 Å². The van der Waals surface area contributed by atoms with Crippen molar-refractivity contribution in [3.05, 3.63) is 41.2 Å². The van der Waals surface area contributed by atoms with Gasteiger partial charge in [0.2, 0.25) is 11.8 Å². The summed E-state index contributed by atoms with van der Waals surface area (Å²) in [7, 11) is 0. The number of nitrogens with one attached hydrogen (secondary N) is 2. The lowest BCUT2D eigenvalue weighted by molar-refractivity contribution is -0.136. The second-order valence-corrected chi connectivity index (χ2v) is 7.32. The number of aromatic nitrogens is 3. The molecule has 0 radical (unpaired) electrons. The first-order chi connectivity index (χ1) is 14.5. The molecule has 0 saturated carbocycles. The highest BCUT2D eigenvalue weighted by molar-refractivity contribution is 6.24. The van der Waals surface area contributed by atoms with Crippen LogP contribution in [0.15, 0.2) is 24.4 Å². The maximum Gasteiger partial charge on any atom is 0.264 e. The Kier molecular flexibility index (Phi) is 4.40. The molecule has 3 aliphatic heterocycles. The summed E-state index contributed by atoms with van der Waals surface area (Å²) in [6, 6.07) is 3.73. The van der Waals surface area contributed by atoms with Crippen molar-refractivity contribution in [3.8, 4) is 5.69 Å². The number of ether oxygens (including phenoxy) is 1. The molecule has 11 heteroatoms. The van der Waals surface area contributed by atoms with E-state index in [-0.39, 0.29) is 30.0 Å². The molecule has 3 aliphatic rings. The Balaban J connectivity index is 1.49. The number of morpholine rings is 1. The van der Waals surface area contributed by atoms with E-state index in [4.69, 9.17) is 4.74 Å². The number of amides is 4. The summed E-state index contributed by atoms with van der Waals surface area (Å²) in [6.07, 6.45) is 1.86. The lowest BCUT2D eigenvalue weighted by atomic mass is 10.0. The number of hydrogen-bond donors (Lipinski definition) is 2. The Morgan fingerprint density at radius 1 is 1.13 bits per heavy atom. The molecule has 2 aromatic rings. The fraction of sp³-hybridized carbons (Fsp3) is 0.368. The van der Waals surface area contributed by atoms with E-state index in [0.29, 0.717) is 31.1 Å². The lowest BCUT2D eigenvalue weighted by Crippen LogP contribution is -2.54. The number of imide groups is 2. The van der Waals surface area contributed by atoms with Crippen LogP contribution in [0.25, 0.3) is 5.69 Å². The standard InChI is InChI=1S/C19H18N6O5/c26-15-5-4-14(17(27)21-15)25-18(28)10-2-1-3-13(16(10)19(25)29)24-8-11(22-23-24)12-9-30-7-6-20-12/h1-3,8,12,14,20H,4-7,9H2,(H,21,26,27). The minimum atomic E-state index is -1.02. The molecule has 2 saturated heterocycles. The molecule has 0 bridgehead atoms. The van der Waals surface area contributed by atoms with Crippen LogP contribution in [-0.4, -0.2) is 69.3 Å². The normalized spacial score (nSPS) is 24.2. The smallest absolute Gasteiger partial charge is 0.264 e. The molecular weight excluding hydrogens is 392 g/mol. The minimum Gasteiger partial charge on any atom is -0.378 e. The zero-order valence-electron chi connectivity index (χ0n) is 15.8. The molecule has 1 aromatic carbocycles. The van der Waals surface area contributed by atoms with Crippen LogP contribution in [0.3, 0.4) is 0 Å². The zero-order chi connectivity index (χ0) is 20.8. The first-order valence-electron chi connectivity index (χ1n) is 9.63. The van der Waals surface area contributed by atoms with Gasteiger partial charge in [-0.2, -0.15) is 0 Å². The molecule has 2 fully saturated rings. The van der Waals surface area contributed by atoms with Crippen LogP contribution >= 0.6 is 0 Å². The third-order valence-corrected chi connectivity index (χ3v) is 5.48. The number of nitrogens with zero attached hydrogens (tertiary/aromatic N) is 4. The van der Waals surface area contributed by atoms with Crippen molar-refractivity contribution >= 4 is 23.6 Å². The fourth-order valence-corrected chi connectivity index (χ4v) is 4.00. The highest BCUT2D eigenvalue weighted by Crippen LogP contribution is 2.31. The van der Waals surface area contributed by atoms with E-state index in [1.165, 1.54) is 4.68 Å². The van der Waals surface area contributed by atoms with Crippen molar-refractivity contribution < 1.29 is 23.9 Å². The summed E-state index contributed by atoms with van der Waals surface area (Å²) in [4.78, 5) is 50.7. The van der Waals surface area contributed by atoms with E-state index in [1.807, 2.05) is 0 Å². The van der Waals surface area contributed by atoms with E-state index in [9.17, 15) is 19.2 Å². The van der Waals surface area contributed by atoms with Crippen LogP contribution in [0.5, 0.6) is 0 Å². The Morgan fingerprint density at radius 2 is 2.00 bits per heavy atom. The molecular formula is C19H18N6O5. The molecule has 11 nitrogen and oxygen atoms in total. The van der Waals surface area contributed by atoms with Crippen LogP contribution in [0, 0.1) is 0 Å². The van der Waals surface area contributed by atoms with Gasteiger partial charge in [-0.05, 0) is 18.6 Å². The van der Waals surface area contributed by atoms with Gasteiger partial charge in [-0.25, -0.2) is 4.68 Å². The van der Waals surface area contributed by atoms with Crippen LogP contribution in [0.1, 0.15) is 45.3 Å². The quantitative estimate of drug-likeness (QED) is 0.636. The van der Waals surface area contributed by atoms with E-state index in [1.54, 1.807) is 24.4 Å². The van der Waals surface area contributed by atoms with Crippen LogP contribution in [0.2, 0.25) is 0 Å². The number of carbonyl (C=O) groups is 4. The number of fused-ring (bicyclic) bond motifs is 1. The van der Waals surface area contributed by atoms with Gasteiger partial charge in [0, 0.05) is 13.0 Å².